The largest absolute Gasteiger partial charge is 0.343 e. The molecule has 26 heavy (non-hydrogen) atoms. The van der Waals surface area contributed by atoms with Crippen molar-refractivity contribution < 1.29 is 8.42 Å². The summed E-state index contributed by atoms with van der Waals surface area (Å²) in [5, 5.41) is 1.12. The highest BCUT2D eigenvalue weighted by Gasteiger charge is 2.24. The van der Waals surface area contributed by atoms with Crippen molar-refractivity contribution >= 4 is 20.9 Å². The second-order valence-electron chi connectivity index (χ2n) is 7.45. The molecule has 1 saturated carbocycles. The third-order valence-corrected chi connectivity index (χ3v) is 6.67. The van der Waals surface area contributed by atoms with Crippen molar-refractivity contribution in [1.82, 2.24) is 9.97 Å². The number of hydrogen-bond donors (Lipinski definition) is 1. The normalized spacial score (nSPS) is 17.0. The molecule has 0 unspecified atom stereocenters. The fourth-order valence-electron chi connectivity index (χ4n) is 4.14. The quantitative estimate of drug-likeness (QED) is 0.711. The van der Waals surface area contributed by atoms with Crippen molar-refractivity contribution in [2.75, 3.05) is 6.26 Å². The van der Waals surface area contributed by atoms with Gasteiger partial charge in [0.25, 0.3) is 0 Å². The molecule has 0 saturated heterocycles. The van der Waals surface area contributed by atoms with Crippen molar-refractivity contribution in [1.29, 1.82) is 0 Å². The zero-order valence-electron chi connectivity index (χ0n) is 15.0. The first-order chi connectivity index (χ1) is 12.5. The van der Waals surface area contributed by atoms with Crippen LogP contribution in [0.5, 0.6) is 0 Å². The van der Waals surface area contributed by atoms with Crippen LogP contribution in [0.15, 0.2) is 53.6 Å². The molecule has 0 amide bonds. The Morgan fingerprint density at radius 1 is 1.15 bits per heavy atom. The molecule has 136 valence electrons. The Morgan fingerprint density at radius 2 is 1.88 bits per heavy atom. The summed E-state index contributed by atoms with van der Waals surface area (Å²) in [7, 11) is -3.17. The van der Waals surface area contributed by atoms with Crippen LogP contribution in [0, 0.1) is 5.92 Å². The number of pyridine rings is 1. The summed E-state index contributed by atoms with van der Waals surface area (Å²) in [6, 6.07) is 13.6. The third kappa shape index (κ3) is 3.54. The van der Waals surface area contributed by atoms with Gasteiger partial charge in [0.1, 0.15) is 5.65 Å². The number of hydrogen-bond acceptors (Lipinski definition) is 3. The molecule has 0 aliphatic heterocycles. The molecule has 1 aliphatic carbocycles. The molecule has 4 rings (SSSR count). The molecular formula is C21H24N2O2S. The maximum Gasteiger partial charge on any atom is 0.175 e. The number of aromatic nitrogens is 2. The van der Waals surface area contributed by atoms with E-state index in [4.69, 9.17) is 0 Å². The standard InChI is InChI=1S/C21H24N2O2S/c1-26(24,25)18-10-8-16(9-11-18)19(13-15-5-2-3-6-15)20-14-17-7-4-12-22-21(17)23-20/h4,7-12,14-15,19H,2-3,5-6,13H2,1H3,(H,22,23)/t19-/m1/s1. The van der Waals surface area contributed by atoms with Crippen LogP contribution in [0.4, 0.5) is 0 Å². The lowest BCUT2D eigenvalue weighted by Gasteiger charge is -2.20. The molecule has 2 aromatic heterocycles. The van der Waals surface area contributed by atoms with Gasteiger partial charge in [-0.05, 0) is 48.2 Å². The van der Waals surface area contributed by atoms with E-state index >= 15 is 0 Å². The topological polar surface area (TPSA) is 62.8 Å². The summed E-state index contributed by atoms with van der Waals surface area (Å²) in [5.41, 5.74) is 3.24. The van der Waals surface area contributed by atoms with Crippen LogP contribution in [-0.2, 0) is 9.84 Å². The number of rotatable bonds is 5. The molecule has 0 bridgehead atoms. The predicted molar refractivity (Wildman–Crippen MR) is 104 cm³/mol. The van der Waals surface area contributed by atoms with Gasteiger partial charge in [-0.2, -0.15) is 0 Å². The summed E-state index contributed by atoms with van der Waals surface area (Å²) < 4.78 is 23.5. The lowest BCUT2D eigenvalue weighted by atomic mass is 9.86. The van der Waals surface area contributed by atoms with Crippen LogP contribution in [0.25, 0.3) is 11.0 Å². The first kappa shape index (κ1) is 17.3. The SMILES string of the molecule is CS(=O)(=O)c1ccc([C@@H](CC2CCCC2)c2cc3cccnc3[nH]2)cc1. The number of H-pyrrole nitrogens is 1. The highest BCUT2D eigenvalue weighted by molar-refractivity contribution is 7.90. The highest BCUT2D eigenvalue weighted by atomic mass is 32.2. The van der Waals surface area contributed by atoms with E-state index in [1.807, 2.05) is 18.2 Å². The number of nitrogens with zero attached hydrogens (tertiary/aromatic N) is 1. The van der Waals surface area contributed by atoms with Crippen molar-refractivity contribution in [2.45, 2.75) is 42.9 Å². The number of aromatic amines is 1. The molecule has 1 fully saturated rings. The fourth-order valence-corrected chi connectivity index (χ4v) is 4.77. The van der Waals surface area contributed by atoms with Crippen LogP contribution in [0.2, 0.25) is 0 Å². The molecule has 1 aromatic carbocycles. The van der Waals surface area contributed by atoms with E-state index in [-0.39, 0.29) is 5.92 Å². The molecule has 0 spiro atoms. The van der Waals surface area contributed by atoms with Gasteiger partial charge in [-0.1, -0.05) is 37.8 Å². The van der Waals surface area contributed by atoms with Crippen LogP contribution < -0.4 is 0 Å². The van der Waals surface area contributed by atoms with Crippen LogP contribution in [0.3, 0.4) is 0 Å². The van der Waals surface area contributed by atoms with Gasteiger partial charge in [-0.15, -0.1) is 0 Å². The van der Waals surface area contributed by atoms with Crippen molar-refractivity contribution in [3.63, 3.8) is 0 Å². The molecule has 4 nitrogen and oxygen atoms in total. The average Bonchev–Trinajstić information content (AvgIpc) is 3.28. The first-order valence-electron chi connectivity index (χ1n) is 9.24. The Morgan fingerprint density at radius 3 is 2.54 bits per heavy atom. The predicted octanol–water partition coefficient (Wildman–Crippen LogP) is 4.68. The summed E-state index contributed by atoms with van der Waals surface area (Å²) in [5.74, 6) is 0.967. The number of sulfone groups is 1. The van der Waals surface area contributed by atoms with Gasteiger partial charge in [0.05, 0.1) is 4.90 Å². The Labute approximate surface area is 154 Å². The van der Waals surface area contributed by atoms with E-state index in [0.717, 1.165) is 34.6 Å². The highest BCUT2D eigenvalue weighted by Crippen LogP contribution is 2.38. The lowest BCUT2D eigenvalue weighted by molar-refractivity contribution is 0.469. The Bertz CT molecular complexity index is 967. The van der Waals surface area contributed by atoms with E-state index in [1.165, 1.54) is 31.9 Å². The zero-order chi connectivity index (χ0) is 18.1. The fraction of sp³-hybridized carbons (Fsp3) is 0.381. The smallest absolute Gasteiger partial charge is 0.175 e. The van der Waals surface area contributed by atoms with Gasteiger partial charge in [-0.25, -0.2) is 13.4 Å². The summed E-state index contributed by atoms with van der Waals surface area (Å²) in [6.45, 7) is 0. The van der Waals surface area contributed by atoms with Crippen LogP contribution in [0.1, 0.15) is 49.3 Å². The molecule has 5 heteroatoms. The molecule has 1 N–H and O–H groups in total. The average molecular weight is 369 g/mol. The molecule has 1 aliphatic rings. The van der Waals surface area contributed by atoms with Crippen LogP contribution in [-0.4, -0.2) is 24.6 Å². The second-order valence-corrected chi connectivity index (χ2v) is 9.46. The number of nitrogens with one attached hydrogen (secondary N) is 1. The number of benzene rings is 1. The van der Waals surface area contributed by atoms with E-state index < -0.39 is 9.84 Å². The van der Waals surface area contributed by atoms with E-state index in [9.17, 15) is 8.42 Å². The van der Waals surface area contributed by atoms with Crippen LogP contribution >= 0.6 is 0 Å². The summed E-state index contributed by atoms with van der Waals surface area (Å²) >= 11 is 0. The molecule has 0 radical (unpaired) electrons. The first-order valence-corrected chi connectivity index (χ1v) is 11.1. The number of fused-ring (bicyclic) bond motifs is 1. The monoisotopic (exact) mass is 368 g/mol. The zero-order valence-corrected chi connectivity index (χ0v) is 15.8. The Balaban J connectivity index is 1.72. The molecule has 3 aromatic rings. The maximum absolute atomic E-state index is 11.8. The van der Waals surface area contributed by atoms with Crippen molar-refractivity contribution in [3.8, 4) is 0 Å². The Kier molecular flexibility index (Phi) is 4.57. The lowest BCUT2D eigenvalue weighted by Crippen LogP contribution is -2.08. The summed E-state index contributed by atoms with van der Waals surface area (Å²) in [4.78, 5) is 8.28. The molecule has 2 heterocycles. The van der Waals surface area contributed by atoms with Crippen molar-refractivity contribution in [3.05, 3.63) is 59.9 Å². The molecular weight excluding hydrogens is 344 g/mol. The third-order valence-electron chi connectivity index (χ3n) is 5.54. The second kappa shape index (κ2) is 6.88. The van der Waals surface area contributed by atoms with E-state index in [0.29, 0.717) is 4.90 Å². The van der Waals surface area contributed by atoms with E-state index in [2.05, 4.69) is 22.1 Å². The van der Waals surface area contributed by atoms with Gasteiger partial charge >= 0.3 is 0 Å². The van der Waals surface area contributed by atoms with Gasteiger partial charge < -0.3 is 4.98 Å². The van der Waals surface area contributed by atoms with Crippen molar-refractivity contribution in [2.24, 2.45) is 5.92 Å². The minimum absolute atomic E-state index is 0.237. The maximum atomic E-state index is 11.8. The minimum Gasteiger partial charge on any atom is -0.343 e. The van der Waals surface area contributed by atoms with Gasteiger partial charge in [0.15, 0.2) is 9.84 Å². The Hall–Kier alpha value is -2.14. The van der Waals surface area contributed by atoms with E-state index in [1.54, 1.807) is 18.3 Å². The summed E-state index contributed by atoms with van der Waals surface area (Å²) in [6.07, 6.45) is 9.35. The van der Waals surface area contributed by atoms with Gasteiger partial charge in [0.2, 0.25) is 0 Å². The van der Waals surface area contributed by atoms with Gasteiger partial charge in [0, 0.05) is 29.5 Å². The molecule has 1 atom stereocenters. The minimum atomic E-state index is -3.17. The van der Waals surface area contributed by atoms with Gasteiger partial charge in [-0.3, -0.25) is 0 Å².